The molecular weight excluding hydrogens is 252 g/mol. The molecule has 100 valence electrons. The van der Waals surface area contributed by atoms with E-state index in [4.69, 9.17) is 0 Å². The number of carbonyl (C=O) groups excluding carboxylic acids is 1. The fourth-order valence-corrected chi connectivity index (χ4v) is 2.29. The molecule has 0 aliphatic rings. The number of rotatable bonds is 3. The summed E-state index contributed by atoms with van der Waals surface area (Å²) < 4.78 is 4.66. The Balaban J connectivity index is 1.93. The number of aromatic amines is 1. The first-order chi connectivity index (χ1) is 9.78. The molecule has 2 aromatic carbocycles. The summed E-state index contributed by atoms with van der Waals surface area (Å²) in [6.45, 7) is 0. The van der Waals surface area contributed by atoms with Gasteiger partial charge in [-0.2, -0.15) is 0 Å². The van der Waals surface area contributed by atoms with Crippen molar-refractivity contribution in [2.45, 2.75) is 6.42 Å². The molecule has 1 heterocycles. The average Bonchev–Trinajstić information content (AvgIpc) is 2.95. The zero-order valence-electron chi connectivity index (χ0n) is 11.1. The number of benzene rings is 2. The molecule has 0 fully saturated rings. The molecule has 1 aromatic heterocycles. The van der Waals surface area contributed by atoms with E-state index in [-0.39, 0.29) is 0 Å². The Morgan fingerprint density at radius 1 is 1.20 bits per heavy atom. The summed E-state index contributed by atoms with van der Waals surface area (Å²) in [5, 5.41) is 2.40. The first kappa shape index (κ1) is 12.4. The lowest BCUT2D eigenvalue weighted by Crippen LogP contribution is -2.01. The van der Waals surface area contributed by atoms with Crippen molar-refractivity contribution in [1.29, 1.82) is 0 Å². The highest BCUT2D eigenvalue weighted by Crippen LogP contribution is 2.20. The molecule has 0 unspecified atom stereocenters. The minimum Gasteiger partial charge on any atom is -0.464 e. The number of H-pyrrole nitrogens is 1. The standard InChI is InChI=1S/C16H14N2O2/c1-20-16(19)14-10-17-15(18-14)9-12-7-4-6-11-5-2-3-8-13(11)12/h2-8,10H,9H2,1H3,(H,17,18). The van der Waals surface area contributed by atoms with Gasteiger partial charge < -0.3 is 9.72 Å². The molecule has 0 radical (unpaired) electrons. The van der Waals surface area contributed by atoms with Crippen LogP contribution in [-0.4, -0.2) is 23.0 Å². The lowest BCUT2D eigenvalue weighted by Gasteiger charge is -2.04. The predicted octanol–water partition coefficient (Wildman–Crippen LogP) is 2.94. The molecule has 0 saturated heterocycles. The van der Waals surface area contributed by atoms with E-state index in [1.165, 1.54) is 29.6 Å². The van der Waals surface area contributed by atoms with Crippen molar-refractivity contribution < 1.29 is 9.53 Å². The van der Waals surface area contributed by atoms with Crippen molar-refractivity contribution >= 4 is 16.7 Å². The lowest BCUT2D eigenvalue weighted by molar-refractivity contribution is 0.0594. The Bertz CT molecular complexity index is 757. The van der Waals surface area contributed by atoms with Crippen molar-refractivity contribution in [2.75, 3.05) is 7.11 Å². The van der Waals surface area contributed by atoms with Crippen molar-refractivity contribution in [1.82, 2.24) is 9.97 Å². The zero-order chi connectivity index (χ0) is 13.9. The number of nitrogens with zero attached hydrogens (tertiary/aromatic N) is 1. The molecule has 0 aliphatic carbocycles. The van der Waals surface area contributed by atoms with Gasteiger partial charge >= 0.3 is 5.97 Å². The fourth-order valence-electron chi connectivity index (χ4n) is 2.29. The Hall–Kier alpha value is -2.62. The lowest BCUT2D eigenvalue weighted by atomic mass is 10.0. The largest absolute Gasteiger partial charge is 0.464 e. The third-order valence-electron chi connectivity index (χ3n) is 3.27. The van der Waals surface area contributed by atoms with Crippen LogP contribution in [0.1, 0.15) is 21.9 Å². The first-order valence-electron chi connectivity index (χ1n) is 6.37. The fraction of sp³-hybridized carbons (Fsp3) is 0.125. The highest BCUT2D eigenvalue weighted by molar-refractivity contribution is 5.87. The van der Waals surface area contributed by atoms with Crippen molar-refractivity contribution in [3.8, 4) is 0 Å². The zero-order valence-corrected chi connectivity index (χ0v) is 11.1. The molecule has 0 atom stereocenters. The number of nitrogens with one attached hydrogen (secondary N) is 1. The van der Waals surface area contributed by atoms with Gasteiger partial charge in [0.25, 0.3) is 0 Å². The van der Waals surface area contributed by atoms with Gasteiger partial charge in [0, 0.05) is 6.42 Å². The van der Waals surface area contributed by atoms with Gasteiger partial charge in [-0.3, -0.25) is 0 Å². The second-order valence-corrected chi connectivity index (χ2v) is 4.55. The summed E-state index contributed by atoms with van der Waals surface area (Å²) >= 11 is 0. The molecule has 0 bridgehead atoms. The minimum atomic E-state index is -0.401. The quantitative estimate of drug-likeness (QED) is 0.741. The Morgan fingerprint density at radius 2 is 2.00 bits per heavy atom. The van der Waals surface area contributed by atoms with Crippen LogP contribution in [0.2, 0.25) is 0 Å². The third kappa shape index (κ3) is 2.28. The van der Waals surface area contributed by atoms with Crippen LogP contribution in [0.5, 0.6) is 0 Å². The molecule has 1 N–H and O–H groups in total. The maximum Gasteiger partial charge on any atom is 0.356 e. The summed E-state index contributed by atoms with van der Waals surface area (Å²) in [5.41, 5.74) is 1.55. The van der Waals surface area contributed by atoms with Crippen LogP contribution in [0.4, 0.5) is 0 Å². The number of ether oxygens (including phenoxy) is 1. The normalized spacial score (nSPS) is 10.7. The minimum absolute atomic E-state index is 0.378. The van der Waals surface area contributed by atoms with E-state index in [0.29, 0.717) is 12.1 Å². The molecule has 4 heteroatoms. The number of methoxy groups -OCH3 is 1. The van der Waals surface area contributed by atoms with Crippen LogP contribution >= 0.6 is 0 Å². The third-order valence-corrected chi connectivity index (χ3v) is 3.27. The Labute approximate surface area is 116 Å². The summed E-state index contributed by atoms with van der Waals surface area (Å²) in [4.78, 5) is 18.6. The second-order valence-electron chi connectivity index (χ2n) is 4.55. The maximum absolute atomic E-state index is 11.4. The van der Waals surface area contributed by atoms with E-state index < -0.39 is 5.97 Å². The van der Waals surface area contributed by atoms with Crippen LogP contribution in [0, 0.1) is 0 Å². The molecule has 0 spiro atoms. The van der Waals surface area contributed by atoms with Crippen LogP contribution in [0.3, 0.4) is 0 Å². The molecule has 4 nitrogen and oxygen atoms in total. The SMILES string of the molecule is COC(=O)c1cnc(Cc2cccc3ccccc23)[nH]1. The molecule has 20 heavy (non-hydrogen) atoms. The number of aromatic nitrogens is 2. The number of esters is 1. The van der Waals surface area contributed by atoms with Crippen molar-refractivity contribution in [3.05, 3.63) is 65.7 Å². The highest BCUT2D eigenvalue weighted by Gasteiger charge is 2.10. The topological polar surface area (TPSA) is 55.0 Å². The number of fused-ring (bicyclic) bond motifs is 1. The van der Waals surface area contributed by atoms with Gasteiger partial charge in [-0.15, -0.1) is 0 Å². The van der Waals surface area contributed by atoms with E-state index in [2.05, 4.69) is 39.0 Å². The van der Waals surface area contributed by atoms with Crippen molar-refractivity contribution in [3.63, 3.8) is 0 Å². The Morgan fingerprint density at radius 3 is 2.85 bits per heavy atom. The van der Waals surface area contributed by atoms with E-state index in [1.807, 2.05) is 18.2 Å². The first-order valence-corrected chi connectivity index (χ1v) is 6.37. The van der Waals surface area contributed by atoms with Gasteiger partial charge in [0.15, 0.2) is 0 Å². The summed E-state index contributed by atoms with van der Waals surface area (Å²) in [5.74, 6) is 0.350. The number of hydrogen-bond acceptors (Lipinski definition) is 3. The predicted molar refractivity (Wildman–Crippen MR) is 76.7 cm³/mol. The summed E-state index contributed by atoms with van der Waals surface area (Å²) in [6, 6.07) is 14.4. The van der Waals surface area contributed by atoms with Gasteiger partial charge in [0.2, 0.25) is 0 Å². The van der Waals surface area contributed by atoms with Gasteiger partial charge in [-0.25, -0.2) is 9.78 Å². The molecule has 0 aliphatic heterocycles. The molecular formula is C16H14N2O2. The highest BCUT2D eigenvalue weighted by atomic mass is 16.5. The van der Waals surface area contributed by atoms with Crippen LogP contribution < -0.4 is 0 Å². The molecule has 3 aromatic rings. The van der Waals surface area contributed by atoms with Gasteiger partial charge in [0.1, 0.15) is 11.5 Å². The van der Waals surface area contributed by atoms with E-state index >= 15 is 0 Å². The average molecular weight is 266 g/mol. The molecule has 0 saturated carbocycles. The van der Waals surface area contributed by atoms with Gasteiger partial charge in [-0.05, 0) is 16.3 Å². The summed E-state index contributed by atoms with van der Waals surface area (Å²) in [6.07, 6.45) is 2.16. The smallest absolute Gasteiger partial charge is 0.356 e. The Kier molecular flexibility index (Phi) is 3.21. The van der Waals surface area contributed by atoms with Gasteiger partial charge in [0.05, 0.1) is 13.3 Å². The monoisotopic (exact) mass is 266 g/mol. The maximum atomic E-state index is 11.4. The number of carbonyl (C=O) groups is 1. The van der Waals surface area contributed by atoms with Crippen LogP contribution in [-0.2, 0) is 11.2 Å². The van der Waals surface area contributed by atoms with E-state index in [9.17, 15) is 4.79 Å². The number of imidazole rings is 1. The molecule has 0 amide bonds. The van der Waals surface area contributed by atoms with Crippen LogP contribution in [0.15, 0.2) is 48.7 Å². The summed E-state index contributed by atoms with van der Waals surface area (Å²) in [7, 11) is 1.35. The van der Waals surface area contributed by atoms with E-state index in [1.54, 1.807) is 0 Å². The van der Waals surface area contributed by atoms with Crippen molar-refractivity contribution in [2.24, 2.45) is 0 Å². The van der Waals surface area contributed by atoms with Crippen LogP contribution in [0.25, 0.3) is 10.8 Å². The van der Waals surface area contributed by atoms with Gasteiger partial charge in [-0.1, -0.05) is 42.5 Å². The molecule has 3 rings (SSSR count). The second kappa shape index (κ2) is 5.17. The van der Waals surface area contributed by atoms with E-state index in [0.717, 1.165) is 5.82 Å². The number of hydrogen-bond donors (Lipinski definition) is 1.